The van der Waals surface area contributed by atoms with Crippen molar-refractivity contribution in [2.24, 2.45) is 0 Å². The Morgan fingerprint density at radius 1 is 0.973 bits per heavy atom. The third-order valence-corrected chi connectivity index (χ3v) is 6.87. The molecule has 2 aromatic rings. The zero-order valence-electron chi connectivity index (χ0n) is 22.9. The van der Waals surface area contributed by atoms with E-state index in [0.29, 0.717) is 24.8 Å². The van der Waals surface area contributed by atoms with Gasteiger partial charge >= 0.3 is 6.09 Å². The average molecular weight is 512 g/mol. The highest BCUT2D eigenvalue weighted by atomic mass is 16.6. The number of piperidine rings is 1. The maximum atomic E-state index is 12.7. The minimum Gasteiger partial charge on any atom is -0.444 e. The number of anilines is 1. The van der Waals surface area contributed by atoms with Crippen molar-refractivity contribution in [2.75, 3.05) is 25.4 Å². The summed E-state index contributed by atoms with van der Waals surface area (Å²) >= 11 is 0. The van der Waals surface area contributed by atoms with Gasteiger partial charge in [-0.2, -0.15) is 0 Å². The lowest BCUT2D eigenvalue weighted by atomic mass is 9.90. The molecular weight excluding hydrogens is 466 g/mol. The fourth-order valence-corrected chi connectivity index (χ4v) is 4.96. The molecule has 0 bridgehead atoms. The normalized spacial score (nSPS) is 14.6. The number of para-hydroxylation sites is 1. The number of rotatable bonds is 12. The summed E-state index contributed by atoms with van der Waals surface area (Å²) in [4.78, 5) is 35.2. The molecule has 0 atom stereocenters. The molecule has 204 valence electrons. The highest BCUT2D eigenvalue weighted by Crippen LogP contribution is 2.32. The summed E-state index contributed by atoms with van der Waals surface area (Å²) in [5.41, 5.74) is 7.42. The summed E-state index contributed by atoms with van der Waals surface area (Å²) in [5, 5.41) is 3.88. The molecule has 2 heterocycles. The smallest absolute Gasteiger partial charge is 0.407 e. The second-order valence-electron chi connectivity index (χ2n) is 11.1. The summed E-state index contributed by atoms with van der Waals surface area (Å²) in [5.74, 6) is 0.915. The standard InChI is InChI=1S/C29H45N5O3/c1-29(2,3)37-28(36)31-19-13-9-7-5-4-6-8-10-16-25(35)34-20-17-22(18-21-34)26-23-14-11-12-15-24(23)32-27(30)33-26/h11-12,14-15,22H,4-10,13,16-21H2,1-3H3,(H,31,36)(H2,30,32,33). The Labute approximate surface area is 221 Å². The second kappa shape index (κ2) is 14.1. The molecule has 0 unspecified atom stereocenters. The minimum absolute atomic E-state index is 0.281. The molecule has 8 nitrogen and oxygen atoms in total. The van der Waals surface area contributed by atoms with Gasteiger partial charge in [0.15, 0.2) is 0 Å². The Hall–Kier alpha value is -2.90. The van der Waals surface area contributed by atoms with E-state index in [-0.39, 0.29) is 12.0 Å². The minimum atomic E-state index is -0.450. The Morgan fingerprint density at radius 2 is 1.59 bits per heavy atom. The number of unbranched alkanes of at least 4 members (excludes halogenated alkanes) is 7. The van der Waals surface area contributed by atoms with Crippen LogP contribution in [0, 0.1) is 0 Å². The van der Waals surface area contributed by atoms with Crippen molar-refractivity contribution in [1.29, 1.82) is 0 Å². The van der Waals surface area contributed by atoms with Crippen molar-refractivity contribution >= 4 is 28.9 Å². The van der Waals surface area contributed by atoms with Crippen LogP contribution in [0.25, 0.3) is 10.9 Å². The third-order valence-electron chi connectivity index (χ3n) is 6.87. The van der Waals surface area contributed by atoms with Gasteiger partial charge < -0.3 is 20.7 Å². The van der Waals surface area contributed by atoms with E-state index in [2.05, 4.69) is 21.4 Å². The molecule has 8 heteroatoms. The topological polar surface area (TPSA) is 110 Å². The van der Waals surface area contributed by atoms with Crippen LogP contribution in [0.5, 0.6) is 0 Å². The van der Waals surface area contributed by atoms with Crippen LogP contribution in [-0.2, 0) is 9.53 Å². The molecule has 3 N–H and O–H groups in total. The van der Waals surface area contributed by atoms with Crippen LogP contribution >= 0.6 is 0 Å². The highest BCUT2D eigenvalue weighted by molar-refractivity contribution is 5.82. The largest absolute Gasteiger partial charge is 0.444 e. The monoisotopic (exact) mass is 511 g/mol. The molecule has 1 aromatic heterocycles. The fraction of sp³-hybridized carbons (Fsp3) is 0.655. The molecule has 1 aromatic carbocycles. The molecule has 0 saturated carbocycles. The van der Waals surface area contributed by atoms with Gasteiger partial charge in [-0.25, -0.2) is 14.8 Å². The number of carbonyl (C=O) groups is 2. The number of likely N-dealkylation sites (tertiary alicyclic amines) is 1. The molecule has 3 rings (SSSR count). The number of benzene rings is 1. The van der Waals surface area contributed by atoms with E-state index in [1.165, 1.54) is 25.7 Å². The lowest BCUT2D eigenvalue weighted by Gasteiger charge is -2.32. The number of amides is 2. The first kappa shape index (κ1) is 28.7. The summed E-state index contributed by atoms with van der Waals surface area (Å²) < 4.78 is 5.23. The van der Waals surface area contributed by atoms with Gasteiger partial charge in [0.25, 0.3) is 0 Å². The Kier molecular flexibility index (Phi) is 11.0. The van der Waals surface area contributed by atoms with E-state index in [4.69, 9.17) is 10.5 Å². The van der Waals surface area contributed by atoms with E-state index >= 15 is 0 Å². The van der Waals surface area contributed by atoms with E-state index in [1.54, 1.807) is 0 Å². The van der Waals surface area contributed by atoms with Gasteiger partial charge in [0.05, 0.1) is 11.2 Å². The van der Waals surface area contributed by atoms with Crippen LogP contribution in [0.15, 0.2) is 24.3 Å². The fourth-order valence-electron chi connectivity index (χ4n) is 4.96. The van der Waals surface area contributed by atoms with Crippen molar-refractivity contribution in [3.05, 3.63) is 30.0 Å². The zero-order valence-corrected chi connectivity index (χ0v) is 22.9. The first-order valence-corrected chi connectivity index (χ1v) is 14.0. The summed E-state index contributed by atoms with van der Waals surface area (Å²) in [6.07, 6.45) is 11.1. The summed E-state index contributed by atoms with van der Waals surface area (Å²) in [6, 6.07) is 8.01. The lowest BCUT2D eigenvalue weighted by molar-refractivity contribution is -0.132. The van der Waals surface area contributed by atoms with Gasteiger partial charge in [0, 0.05) is 37.4 Å². The van der Waals surface area contributed by atoms with Crippen molar-refractivity contribution in [2.45, 2.75) is 103 Å². The number of hydrogen-bond acceptors (Lipinski definition) is 6. The summed E-state index contributed by atoms with van der Waals surface area (Å²) in [7, 11) is 0. The zero-order chi connectivity index (χ0) is 26.7. The quantitative estimate of drug-likeness (QED) is 0.341. The highest BCUT2D eigenvalue weighted by Gasteiger charge is 2.26. The van der Waals surface area contributed by atoms with Gasteiger partial charge in [-0.1, -0.05) is 56.7 Å². The number of carbonyl (C=O) groups excluding carboxylic acids is 2. The SMILES string of the molecule is CC(C)(C)OC(=O)NCCCCCCCCCCC(=O)N1CCC(c2nc(N)nc3ccccc23)CC1. The van der Waals surface area contributed by atoms with Gasteiger partial charge in [0.1, 0.15) is 5.60 Å². The van der Waals surface area contributed by atoms with E-state index in [0.717, 1.165) is 68.2 Å². The molecule has 0 spiro atoms. The number of nitrogens with two attached hydrogens (primary N) is 1. The van der Waals surface area contributed by atoms with Gasteiger partial charge in [-0.05, 0) is 52.5 Å². The van der Waals surface area contributed by atoms with Crippen LogP contribution < -0.4 is 11.1 Å². The summed E-state index contributed by atoms with van der Waals surface area (Å²) in [6.45, 7) is 7.83. The van der Waals surface area contributed by atoms with Gasteiger partial charge in [0.2, 0.25) is 11.9 Å². The van der Waals surface area contributed by atoms with E-state index in [1.807, 2.05) is 43.9 Å². The predicted molar refractivity (Wildman–Crippen MR) is 148 cm³/mol. The van der Waals surface area contributed by atoms with E-state index < -0.39 is 5.60 Å². The van der Waals surface area contributed by atoms with Crippen molar-refractivity contribution in [1.82, 2.24) is 20.2 Å². The number of ether oxygens (including phenoxy) is 1. The van der Waals surface area contributed by atoms with Crippen molar-refractivity contribution in [3.63, 3.8) is 0 Å². The Morgan fingerprint density at radius 3 is 2.27 bits per heavy atom. The first-order valence-electron chi connectivity index (χ1n) is 14.0. The first-order chi connectivity index (χ1) is 17.7. The average Bonchev–Trinajstić information content (AvgIpc) is 2.85. The maximum absolute atomic E-state index is 12.7. The van der Waals surface area contributed by atoms with Crippen LogP contribution in [0.2, 0.25) is 0 Å². The molecular formula is C29H45N5O3. The van der Waals surface area contributed by atoms with Crippen LogP contribution in [-0.4, -0.2) is 52.1 Å². The van der Waals surface area contributed by atoms with Gasteiger partial charge in [-0.3, -0.25) is 4.79 Å². The Bertz CT molecular complexity index is 1010. The maximum Gasteiger partial charge on any atom is 0.407 e. The molecule has 1 fully saturated rings. The van der Waals surface area contributed by atoms with Crippen molar-refractivity contribution < 1.29 is 14.3 Å². The van der Waals surface area contributed by atoms with Crippen LogP contribution in [0.1, 0.15) is 103 Å². The van der Waals surface area contributed by atoms with Crippen LogP contribution in [0.3, 0.4) is 0 Å². The number of fused-ring (bicyclic) bond motifs is 1. The number of nitrogen functional groups attached to an aromatic ring is 1. The number of nitrogens with one attached hydrogen (secondary N) is 1. The molecule has 0 aliphatic carbocycles. The molecule has 37 heavy (non-hydrogen) atoms. The number of aromatic nitrogens is 2. The third kappa shape index (κ3) is 9.82. The van der Waals surface area contributed by atoms with Gasteiger partial charge in [-0.15, -0.1) is 0 Å². The predicted octanol–water partition coefficient (Wildman–Crippen LogP) is 5.95. The number of alkyl carbamates (subject to hydrolysis) is 1. The molecule has 1 aliphatic heterocycles. The number of hydrogen-bond donors (Lipinski definition) is 2. The molecule has 1 aliphatic rings. The lowest BCUT2D eigenvalue weighted by Crippen LogP contribution is -2.38. The molecule has 0 radical (unpaired) electrons. The van der Waals surface area contributed by atoms with Crippen LogP contribution in [0.4, 0.5) is 10.7 Å². The second-order valence-corrected chi connectivity index (χ2v) is 11.1. The Balaban J connectivity index is 1.22. The number of nitrogens with zero attached hydrogens (tertiary/aromatic N) is 3. The molecule has 2 amide bonds. The molecule has 1 saturated heterocycles. The van der Waals surface area contributed by atoms with Crippen molar-refractivity contribution in [3.8, 4) is 0 Å². The van der Waals surface area contributed by atoms with E-state index in [9.17, 15) is 9.59 Å².